The molecule has 2 heteroatoms. The van der Waals surface area contributed by atoms with E-state index >= 15 is 0 Å². The fourth-order valence-electron chi connectivity index (χ4n) is 3.47. The number of hydrogen-bond acceptors (Lipinski definition) is 2. The minimum atomic E-state index is 1.25. The number of rotatable bonds is 5. The summed E-state index contributed by atoms with van der Waals surface area (Å²) in [6, 6.07) is 43.1. The highest BCUT2D eigenvalue weighted by molar-refractivity contribution is 8.01. The average molecular weight is 421 g/mol. The maximum Gasteiger partial charge on any atom is 0.0731 e. The highest BCUT2D eigenvalue weighted by atomic mass is 32.2. The molecule has 0 atom stereocenters. The molecule has 0 radical (unpaired) electrons. The van der Waals surface area contributed by atoms with E-state index in [9.17, 15) is 0 Å². The first-order valence-corrected chi connectivity index (χ1v) is 11.6. The number of benzene rings is 4. The highest BCUT2D eigenvalue weighted by Crippen LogP contribution is 2.45. The van der Waals surface area contributed by atoms with E-state index in [2.05, 4.69) is 121 Å². The van der Waals surface area contributed by atoms with Gasteiger partial charge in [0, 0.05) is 15.3 Å². The minimum absolute atomic E-state index is 1.25. The molecule has 0 N–H and O–H groups in total. The van der Waals surface area contributed by atoms with E-state index in [1.165, 1.54) is 41.8 Å². The van der Waals surface area contributed by atoms with Crippen LogP contribution in [0.1, 0.15) is 0 Å². The monoisotopic (exact) mass is 420 g/mol. The van der Waals surface area contributed by atoms with E-state index < -0.39 is 0 Å². The van der Waals surface area contributed by atoms with Gasteiger partial charge in [-0.15, -0.1) is 11.3 Å². The van der Waals surface area contributed by atoms with Crippen LogP contribution in [-0.4, -0.2) is 0 Å². The van der Waals surface area contributed by atoms with Gasteiger partial charge in [0.15, 0.2) is 0 Å². The third kappa shape index (κ3) is 4.11. The van der Waals surface area contributed by atoms with Crippen molar-refractivity contribution in [1.29, 1.82) is 0 Å². The molecule has 0 saturated carbocycles. The van der Waals surface area contributed by atoms with Crippen molar-refractivity contribution in [3.05, 3.63) is 121 Å². The Morgan fingerprint density at radius 1 is 0.467 bits per heavy atom. The second-order valence-electron chi connectivity index (χ2n) is 7.04. The fourth-order valence-corrected chi connectivity index (χ4v) is 5.88. The van der Waals surface area contributed by atoms with Crippen LogP contribution in [0.3, 0.4) is 0 Å². The number of hydrogen-bond donors (Lipinski definition) is 0. The van der Waals surface area contributed by atoms with Gasteiger partial charge in [-0.1, -0.05) is 115 Å². The molecule has 0 unspecified atom stereocenters. The molecule has 0 aliphatic heterocycles. The summed E-state index contributed by atoms with van der Waals surface area (Å²) < 4.78 is 1.33. The molecule has 30 heavy (non-hydrogen) atoms. The minimum Gasteiger partial charge on any atom is -0.128 e. The predicted octanol–water partition coefficient (Wildman–Crippen LogP) is 8.90. The van der Waals surface area contributed by atoms with Gasteiger partial charge in [-0.05, 0) is 40.5 Å². The molecule has 0 spiro atoms. The molecule has 0 aliphatic carbocycles. The average Bonchev–Trinajstić information content (AvgIpc) is 3.25. The topological polar surface area (TPSA) is 0 Å². The van der Waals surface area contributed by atoms with Crippen molar-refractivity contribution in [2.75, 3.05) is 0 Å². The van der Waals surface area contributed by atoms with Crippen molar-refractivity contribution < 1.29 is 0 Å². The van der Waals surface area contributed by atoms with Gasteiger partial charge < -0.3 is 0 Å². The van der Waals surface area contributed by atoms with Gasteiger partial charge >= 0.3 is 0 Å². The summed E-state index contributed by atoms with van der Waals surface area (Å²) in [6.45, 7) is 0. The first-order chi connectivity index (χ1) is 14.9. The molecule has 1 heterocycles. The maximum atomic E-state index is 2.33. The molecule has 0 amide bonds. The van der Waals surface area contributed by atoms with Crippen LogP contribution in [-0.2, 0) is 0 Å². The summed E-state index contributed by atoms with van der Waals surface area (Å²) in [5.74, 6) is 0. The Labute approximate surface area is 185 Å². The molecule has 4 aromatic carbocycles. The molecule has 144 valence electrons. The maximum absolute atomic E-state index is 2.33. The Bertz CT molecular complexity index is 1220. The summed E-state index contributed by atoms with van der Waals surface area (Å²) in [4.78, 5) is 2.56. The van der Waals surface area contributed by atoms with E-state index in [1.807, 2.05) is 23.1 Å². The summed E-state index contributed by atoms with van der Waals surface area (Å²) in [6.07, 6.45) is 0. The zero-order valence-corrected chi connectivity index (χ0v) is 18.0. The second-order valence-corrected chi connectivity index (χ2v) is 9.43. The first-order valence-electron chi connectivity index (χ1n) is 9.95. The molecule has 1 aromatic heterocycles. The number of thiophene rings is 1. The molecule has 0 fully saturated rings. The molecule has 0 bridgehead atoms. The Hall–Kier alpha value is -3.07. The summed E-state index contributed by atoms with van der Waals surface area (Å²) in [7, 11) is 0. The summed E-state index contributed by atoms with van der Waals surface area (Å²) in [5, 5.41) is 0. The van der Waals surface area contributed by atoms with E-state index in [0.717, 1.165) is 0 Å². The lowest BCUT2D eigenvalue weighted by Crippen LogP contribution is -1.79. The van der Waals surface area contributed by atoms with Crippen LogP contribution in [0, 0.1) is 0 Å². The van der Waals surface area contributed by atoms with Gasteiger partial charge in [-0.25, -0.2) is 0 Å². The van der Waals surface area contributed by atoms with Crippen molar-refractivity contribution in [1.82, 2.24) is 0 Å². The quantitative estimate of drug-likeness (QED) is 0.273. The molecule has 5 rings (SSSR count). The van der Waals surface area contributed by atoms with Crippen LogP contribution < -0.4 is 0 Å². The van der Waals surface area contributed by atoms with Gasteiger partial charge in [0.1, 0.15) is 0 Å². The summed E-state index contributed by atoms with van der Waals surface area (Å²) >= 11 is 3.71. The van der Waals surface area contributed by atoms with Crippen molar-refractivity contribution in [2.24, 2.45) is 0 Å². The van der Waals surface area contributed by atoms with Crippen LogP contribution in [0.4, 0.5) is 0 Å². The van der Waals surface area contributed by atoms with Crippen LogP contribution in [0.15, 0.2) is 130 Å². The molecular weight excluding hydrogens is 400 g/mol. The van der Waals surface area contributed by atoms with Crippen molar-refractivity contribution in [2.45, 2.75) is 9.10 Å². The van der Waals surface area contributed by atoms with Gasteiger partial charge in [-0.3, -0.25) is 0 Å². The van der Waals surface area contributed by atoms with E-state index in [0.29, 0.717) is 0 Å². The van der Waals surface area contributed by atoms with Gasteiger partial charge in [0.05, 0.1) is 4.21 Å². The van der Waals surface area contributed by atoms with Crippen molar-refractivity contribution in [3.63, 3.8) is 0 Å². The lowest BCUT2D eigenvalue weighted by molar-refractivity contribution is 1.45. The SMILES string of the molecule is c1ccc(-c2ccc(Sc3sc(-c4ccccc4)cc3-c3ccccc3)cc2)cc1. The molecule has 0 saturated heterocycles. The van der Waals surface area contributed by atoms with E-state index in [-0.39, 0.29) is 0 Å². The van der Waals surface area contributed by atoms with Gasteiger partial charge in [0.25, 0.3) is 0 Å². The van der Waals surface area contributed by atoms with Crippen LogP contribution in [0.2, 0.25) is 0 Å². The third-order valence-corrected chi connectivity index (χ3v) is 7.41. The Balaban J connectivity index is 1.49. The van der Waals surface area contributed by atoms with Gasteiger partial charge in [0.2, 0.25) is 0 Å². The predicted molar refractivity (Wildman–Crippen MR) is 131 cm³/mol. The Kier molecular flexibility index (Phi) is 5.52. The molecule has 0 nitrogen and oxygen atoms in total. The lowest BCUT2D eigenvalue weighted by Gasteiger charge is -2.06. The lowest BCUT2D eigenvalue weighted by atomic mass is 10.1. The Morgan fingerprint density at radius 2 is 0.967 bits per heavy atom. The molecule has 5 aromatic rings. The second kappa shape index (κ2) is 8.74. The van der Waals surface area contributed by atoms with Crippen LogP contribution >= 0.6 is 23.1 Å². The van der Waals surface area contributed by atoms with Crippen molar-refractivity contribution >= 4 is 23.1 Å². The van der Waals surface area contributed by atoms with E-state index in [4.69, 9.17) is 0 Å². The van der Waals surface area contributed by atoms with E-state index in [1.54, 1.807) is 0 Å². The highest BCUT2D eigenvalue weighted by Gasteiger charge is 2.14. The third-order valence-electron chi connectivity index (χ3n) is 5.01. The largest absolute Gasteiger partial charge is 0.128 e. The smallest absolute Gasteiger partial charge is 0.0731 e. The zero-order valence-electron chi connectivity index (χ0n) is 16.4. The summed E-state index contributed by atoms with van der Waals surface area (Å²) in [5.41, 5.74) is 6.34. The zero-order chi connectivity index (χ0) is 20.2. The first kappa shape index (κ1) is 18.9. The molecular formula is C28H20S2. The van der Waals surface area contributed by atoms with Gasteiger partial charge in [-0.2, -0.15) is 0 Å². The van der Waals surface area contributed by atoms with Crippen LogP contribution in [0.5, 0.6) is 0 Å². The Morgan fingerprint density at radius 3 is 1.57 bits per heavy atom. The van der Waals surface area contributed by atoms with Crippen molar-refractivity contribution in [3.8, 4) is 32.7 Å². The molecule has 0 aliphatic rings. The standard InChI is InChI=1S/C28H20S2/c1-4-10-21(11-5-1)22-16-18-25(19-17-22)29-28-26(23-12-6-2-7-13-23)20-27(30-28)24-14-8-3-9-15-24/h1-20H. The normalized spacial score (nSPS) is 10.8. The van der Waals surface area contributed by atoms with Crippen LogP contribution in [0.25, 0.3) is 32.7 Å². The fraction of sp³-hybridized carbons (Fsp3) is 0.